The molecule has 0 aromatic heterocycles. The second-order valence-electron chi connectivity index (χ2n) is 3.26. The molecule has 0 amide bonds. The highest BCUT2D eigenvalue weighted by Crippen LogP contribution is 2.12. The molecule has 0 bridgehead atoms. The van der Waals surface area contributed by atoms with Crippen LogP contribution in [0.15, 0.2) is 12.7 Å². The van der Waals surface area contributed by atoms with Gasteiger partial charge in [0, 0.05) is 0 Å². The Kier molecular flexibility index (Phi) is 1.90. The van der Waals surface area contributed by atoms with Crippen molar-refractivity contribution in [3.05, 3.63) is 12.7 Å². The fourth-order valence-electron chi connectivity index (χ4n) is 1.45. The first-order valence-corrected chi connectivity index (χ1v) is 3.62. The molecule has 1 saturated heterocycles. The zero-order valence-electron chi connectivity index (χ0n) is 6.47. The number of carbonyl (C=O) groups excluding carboxylic acids is 1. The fraction of sp³-hybridized carbons (Fsp3) is 0.625. The van der Waals surface area contributed by atoms with Gasteiger partial charge in [-0.15, -0.1) is 0 Å². The maximum Gasteiger partial charge on any atom is 0.192 e. The molecule has 2 nitrogen and oxygen atoms in total. The summed E-state index contributed by atoms with van der Waals surface area (Å²) in [4.78, 5) is 10.9. The number of likely N-dealkylation sites (N-methyl/N-ethyl adjacent to an activating group) is 1. The molecule has 1 aliphatic rings. The van der Waals surface area contributed by atoms with Crippen molar-refractivity contribution in [2.45, 2.75) is 6.42 Å². The number of ketones is 1. The lowest BCUT2D eigenvalue weighted by atomic mass is 10.4. The smallest absolute Gasteiger partial charge is 0.192 e. The van der Waals surface area contributed by atoms with Gasteiger partial charge in [-0.05, 0) is 6.08 Å². The third kappa shape index (κ3) is 1.45. The molecule has 0 spiro atoms. The molecule has 2 heteroatoms. The van der Waals surface area contributed by atoms with E-state index >= 15 is 0 Å². The Morgan fingerprint density at radius 2 is 2.50 bits per heavy atom. The van der Waals surface area contributed by atoms with Crippen LogP contribution in [0, 0.1) is 0 Å². The van der Waals surface area contributed by atoms with Crippen molar-refractivity contribution < 1.29 is 9.28 Å². The molecule has 0 aromatic rings. The highest BCUT2D eigenvalue weighted by molar-refractivity contribution is 5.80. The maximum atomic E-state index is 10.9. The summed E-state index contributed by atoms with van der Waals surface area (Å²) >= 11 is 0. The number of carbonyl (C=O) groups is 1. The van der Waals surface area contributed by atoms with Crippen LogP contribution in [0.25, 0.3) is 0 Å². The summed E-state index contributed by atoms with van der Waals surface area (Å²) in [6, 6.07) is 0. The van der Waals surface area contributed by atoms with Gasteiger partial charge in [-0.25, -0.2) is 0 Å². The Labute approximate surface area is 61.7 Å². The van der Waals surface area contributed by atoms with Gasteiger partial charge >= 0.3 is 0 Å². The third-order valence-corrected chi connectivity index (χ3v) is 2.06. The molecule has 1 aliphatic heterocycles. The second-order valence-corrected chi connectivity index (χ2v) is 3.26. The molecule has 0 saturated carbocycles. The predicted molar refractivity (Wildman–Crippen MR) is 40.6 cm³/mol. The van der Waals surface area contributed by atoms with Crippen molar-refractivity contribution in [3.63, 3.8) is 0 Å². The second kappa shape index (κ2) is 2.54. The van der Waals surface area contributed by atoms with Crippen molar-refractivity contribution in [1.29, 1.82) is 0 Å². The zero-order valence-corrected chi connectivity index (χ0v) is 6.47. The Morgan fingerprint density at radius 3 is 2.90 bits per heavy atom. The van der Waals surface area contributed by atoms with Gasteiger partial charge in [0.05, 0.1) is 26.6 Å². The number of rotatable bonds is 2. The van der Waals surface area contributed by atoms with E-state index in [1.165, 1.54) is 0 Å². The molecule has 0 radical (unpaired) electrons. The Balaban J connectivity index is 2.53. The number of hydrogen-bond acceptors (Lipinski definition) is 1. The van der Waals surface area contributed by atoms with E-state index < -0.39 is 0 Å². The van der Waals surface area contributed by atoms with Gasteiger partial charge in [-0.1, -0.05) is 6.58 Å². The largest absolute Gasteiger partial charge is 0.316 e. The minimum atomic E-state index is 0.393. The maximum absolute atomic E-state index is 10.9. The van der Waals surface area contributed by atoms with Crippen molar-refractivity contribution in [2.75, 3.05) is 26.7 Å². The Hall–Kier alpha value is -0.630. The van der Waals surface area contributed by atoms with Crippen LogP contribution < -0.4 is 0 Å². The van der Waals surface area contributed by atoms with Crippen LogP contribution >= 0.6 is 0 Å². The highest BCUT2D eigenvalue weighted by atomic mass is 16.1. The number of Topliss-reactive ketones (excluding diaryl/α,β-unsaturated/α-hetero) is 1. The van der Waals surface area contributed by atoms with E-state index in [2.05, 4.69) is 13.6 Å². The van der Waals surface area contributed by atoms with E-state index in [0.717, 1.165) is 24.0 Å². The first kappa shape index (κ1) is 7.48. The minimum absolute atomic E-state index is 0.393. The quantitative estimate of drug-likeness (QED) is 0.405. The molecule has 1 unspecified atom stereocenters. The van der Waals surface area contributed by atoms with Crippen molar-refractivity contribution in [1.82, 2.24) is 0 Å². The topological polar surface area (TPSA) is 17.1 Å². The summed E-state index contributed by atoms with van der Waals surface area (Å²) in [5, 5.41) is 0. The summed E-state index contributed by atoms with van der Waals surface area (Å²) in [6.07, 6.45) is 2.64. The van der Waals surface area contributed by atoms with Gasteiger partial charge in [0.25, 0.3) is 0 Å². The van der Waals surface area contributed by atoms with E-state index in [4.69, 9.17) is 0 Å². The summed E-state index contributed by atoms with van der Waals surface area (Å²) in [7, 11) is 2.10. The summed E-state index contributed by atoms with van der Waals surface area (Å²) in [6.45, 7) is 6.28. The van der Waals surface area contributed by atoms with Crippen LogP contribution in [0.5, 0.6) is 0 Å². The van der Waals surface area contributed by atoms with E-state index in [1.54, 1.807) is 0 Å². The molecular formula is C8H14NO+. The van der Waals surface area contributed by atoms with Gasteiger partial charge in [0.1, 0.15) is 6.54 Å². The molecule has 1 heterocycles. The predicted octanol–water partition coefficient (Wildman–Crippen LogP) is 0.592. The van der Waals surface area contributed by atoms with Crippen LogP contribution in [0.4, 0.5) is 0 Å². The van der Waals surface area contributed by atoms with Crippen molar-refractivity contribution in [2.24, 2.45) is 0 Å². The van der Waals surface area contributed by atoms with Gasteiger partial charge in [0.2, 0.25) is 0 Å². The molecule has 1 atom stereocenters. The molecule has 1 rings (SSSR count). The lowest BCUT2D eigenvalue weighted by Crippen LogP contribution is -2.41. The Bertz CT molecular complexity index is 165. The molecule has 10 heavy (non-hydrogen) atoms. The van der Waals surface area contributed by atoms with Gasteiger partial charge < -0.3 is 4.48 Å². The summed E-state index contributed by atoms with van der Waals surface area (Å²) in [5.41, 5.74) is 0. The van der Waals surface area contributed by atoms with Gasteiger partial charge in [0.15, 0.2) is 5.78 Å². The van der Waals surface area contributed by atoms with E-state index in [-0.39, 0.29) is 0 Å². The van der Waals surface area contributed by atoms with E-state index in [0.29, 0.717) is 12.3 Å². The fourth-order valence-corrected chi connectivity index (χ4v) is 1.45. The first-order chi connectivity index (χ1) is 4.66. The molecule has 56 valence electrons. The van der Waals surface area contributed by atoms with Crippen molar-refractivity contribution in [3.8, 4) is 0 Å². The average Bonchev–Trinajstić information content (AvgIpc) is 2.12. The molecule has 0 aromatic carbocycles. The third-order valence-electron chi connectivity index (χ3n) is 2.06. The van der Waals surface area contributed by atoms with Crippen LogP contribution in [0.3, 0.4) is 0 Å². The Morgan fingerprint density at radius 1 is 1.80 bits per heavy atom. The minimum Gasteiger partial charge on any atom is -0.316 e. The first-order valence-electron chi connectivity index (χ1n) is 3.62. The molecule has 1 fully saturated rings. The van der Waals surface area contributed by atoms with Crippen LogP contribution in [-0.4, -0.2) is 36.9 Å². The zero-order chi connectivity index (χ0) is 7.61. The van der Waals surface area contributed by atoms with Crippen LogP contribution in [0.2, 0.25) is 0 Å². The van der Waals surface area contributed by atoms with E-state index in [1.807, 2.05) is 6.08 Å². The lowest BCUT2D eigenvalue weighted by Gasteiger charge is -2.26. The molecule has 0 N–H and O–H groups in total. The number of nitrogens with zero attached hydrogens (tertiary/aromatic N) is 1. The molecule has 0 aliphatic carbocycles. The van der Waals surface area contributed by atoms with E-state index in [9.17, 15) is 4.79 Å². The number of likely N-dealkylation sites (tertiary alicyclic amines) is 1. The summed E-state index contributed by atoms with van der Waals surface area (Å²) < 4.78 is 0.863. The van der Waals surface area contributed by atoms with Crippen LogP contribution in [0.1, 0.15) is 6.42 Å². The number of quaternary nitrogens is 1. The van der Waals surface area contributed by atoms with Crippen LogP contribution in [-0.2, 0) is 4.79 Å². The number of hydrogen-bond donors (Lipinski definition) is 0. The summed E-state index contributed by atoms with van der Waals surface area (Å²) in [5.74, 6) is 0.393. The molecular weight excluding hydrogens is 126 g/mol. The normalized spacial score (nSPS) is 32.7. The lowest BCUT2D eigenvalue weighted by molar-refractivity contribution is -0.888. The van der Waals surface area contributed by atoms with Gasteiger partial charge in [-0.2, -0.15) is 0 Å². The van der Waals surface area contributed by atoms with Gasteiger partial charge in [-0.3, -0.25) is 4.79 Å². The monoisotopic (exact) mass is 140 g/mol. The standard InChI is InChI=1S/C8H14NO/c1-3-5-9(2)6-4-8(10)7-9/h3H,1,4-7H2,2H3/q+1. The average molecular weight is 140 g/mol. The SMILES string of the molecule is C=CC[N+]1(C)CCC(=O)C1. The van der Waals surface area contributed by atoms with Crippen molar-refractivity contribution >= 4 is 5.78 Å². The highest BCUT2D eigenvalue weighted by Gasteiger charge is 2.31.